The summed E-state index contributed by atoms with van der Waals surface area (Å²) in [4.78, 5) is 12.8. The zero-order valence-corrected chi connectivity index (χ0v) is 18.4. The number of benzene rings is 1. The van der Waals surface area contributed by atoms with Gasteiger partial charge in [-0.05, 0) is 53.3 Å². The number of hydrazone groups is 1. The summed E-state index contributed by atoms with van der Waals surface area (Å²) < 4.78 is 5.85. The summed E-state index contributed by atoms with van der Waals surface area (Å²) in [5.41, 5.74) is 7.70. The van der Waals surface area contributed by atoms with Crippen LogP contribution >= 0.6 is 15.9 Å². The van der Waals surface area contributed by atoms with Crippen molar-refractivity contribution < 1.29 is 14.6 Å². The van der Waals surface area contributed by atoms with Crippen LogP contribution in [0.25, 0.3) is 11.1 Å². The number of aromatic hydroxyl groups is 1. The average molecular weight is 455 g/mol. The number of carbonyl (C=O) groups excluding carboxylic acids is 1. The zero-order valence-electron chi connectivity index (χ0n) is 16.8. The number of phenols is 1. The first-order valence-electron chi connectivity index (χ1n) is 9.25. The number of aryl methyl sites for hydroxylation is 1. The molecular weight excluding hydrogens is 432 g/mol. The number of halogens is 1. The summed E-state index contributed by atoms with van der Waals surface area (Å²) in [7, 11) is 1.47. The van der Waals surface area contributed by atoms with Crippen molar-refractivity contribution in [2.75, 3.05) is 7.11 Å². The molecule has 6 heteroatoms. The molecule has 1 amide bonds. The van der Waals surface area contributed by atoms with E-state index >= 15 is 0 Å². The highest BCUT2D eigenvalue weighted by Crippen LogP contribution is 2.34. The van der Waals surface area contributed by atoms with Gasteiger partial charge in [0.1, 0.15) is 0 Å². The fourth-order valence-corrected chi connectivity index (χ4v) is 3.65. The van der Waals surface area contributed by atoms with Crippen LogP contribution in [0.1, 0.15) is 46.8 Å². The molecule has 0 radical (unpaired) electrons. The van der Waals surface area contributed by atoms with E-state index in [9.17, 15) is 9.90 Å². The van der Waals surface area contributed by atoms with Gasteiger partial charge >= 0.3 is 0 Å². The Morgan fingerprint density at radius 2 is 1.97 bits per heavy atom. The Morgan fingerprint density at radius 1 is 1.21 bits per heavy atom. The second-order valence-corrected chi connectivity index (χ2v) is 8.05. The second kappa shape index (κ2) is 8.66. The minimum Gasteiger partial charge on any atom is -0.504 e. The lowest BCUT2D eigenvalue weighted by atomic mass is 10.0. The van der Waals surface area contributed by atoms with Crippen LogP contribution in [0.15, 0.2) is 52.0 Å². The molecule has 0 spiro atoms. The molecule has 2 N–H and O–H groups in total. The van der Waals surface area contributed by atoms with Gasteiger partial charge in [0.25, 0.3) is 5.91 Å². The molecule has 0 aliphatic heterocycles. The summed E-state index contributed by atoms with van der Waals surface area (Å²) in [5.74, 6) is 0.321. The average Bonchev–Trinajstić information content (AvgIpc) is 2.85. The van der Waals surface area contributed by atoms with Crippen LogP contribution in [-0.4, -0.2) is 24.3 Å². The summed E-state index contributed by atoms with van der Waals surface area (Å²) in [6, 6.07) is 13.4. The highest BCUT2D eigenvalue weighted by Gasteiger charge is 2.19. The van der Waals surface area contributed by atoms with E-state index in [1.54, 1.807) is 12.1 Å². The van der Waals surface area contributed by atoms with Crippen molar-refractivity contribution in [3.05, 3.63) is 69.2 Å². The molecule has 0 saturated carbocycles. The lowest BCUT2D eigenvalue weighted by Gasteiger charge is -2.07. The van der Waals surface area contributed by atoms with Crippen LogP contribution in [0, 0.1) is 6.92 Å². The van der Waals surface area contributed by atoms with Gasteiger partial charge in [0.2, 0.25) is 0 Å². The van der Waals surface area contributed by atoms with E-state index in [1.165, 1.54) is 13.3 Å². The maximum atomic E-state index is 12.8. The van der Waals surface area contributed by atoms with E-state index in [0.717, 1.165) is 26.7 Å². The number of hydrogen-bond acceptors (Lipinski definition) is 4. The van der Waals surface area contributed by atoms with Gasteiger partial charge in [-0.15, -0.1) is 0 Å². The van der Waals surface area contributed by atoms with Crippen molar-refractivity contribution >= 4 is 28.1 Å². The van der Waals surface area contributed by atoms with Crippen molar-refractivity contribution in [2.24, 2.45) is 5.10 Å². The van der Waals surface area contributed by atoms with E-state index in [4.69, 9.17) is 4.74 Å². The smallest absolute Gasteiger partial charge is 0.272 e. The van der Waals surface area contributed by atoms with Crippen LogP contribution < -0.4 is 10.2 Å². The first kappa shape index (κ1) is 20.9. The molecule has 3 rings (SSSR count). The van der Waals surface area contributed by atoms with Gasteiger partial charge in [0.05, 0.1) is 13.3 Å². The SMILES string of the molecule is COc1cc(Br)cc(/C=N/NC(=O)c2cc(C)c3cccc(C(C)C)cc2-3)c1O. The lowest BCUT2D eigenvalue weighted by Crippen LogP contribution is -2.17. The van der Waals surface area contributed by atoms with Crippen LogP contribution in [0.5, 0.6) is 11.5 Å². The number of fused-ring (bicyclic) bond motifs is 1. The third-order valence-corrected chi connectivity index (χ3v) is 5.26. The van der Waals surface area contributed by atoms with Crippen molar-refractivity contribution in [3.8, 4) is 22.6 Å². The number of carbonyl (C=O) groups is 1. The molecule has 2 aliphatic rings. The highest BCUT2D eigenvalue weighted by atomic mass is 79.9. The number of amides is 1. The van der Waals surface area contributed by atoms with Gasteiger partial charge in [0.15, 0.2) is 11.5 Å². The fraction of sp³-hybridized carbons (Fsp3) is 0.217. The van der Waals surface area contributed by atoms with Crippen molar-refractivity contribution in [1.82, 2.24) is 5.43 Å². The first-order chi connectivity index (χ1) is 13.8. The third-order valence-electron chi connectivity index (χ3n) is 4.80. The molecule has 0 unspecified atom stereocenters. The largest absolute Gasteiger partial charge is 0.504 e. The van der Waals surface area contributed by atoms with E-state index in [2.05, 4.69) is 52.4 Å². The van der Waals surface area contributed by atoms with E-state index < -0.39 is 0 Å². The maximum Gasteiger partial charge on any atom is 0.272 e. The quantitative estimate of drug-likeness (QED) is 0.396. The van der Waals surface area contributed by atoms with Gasteiger partial charge < -0.3 is 9.84 Å². The minimum absolute atomic E-state index is 0.0445. The van der Waals surface area contributed by atoms with Crippen molar-refractivity contribution in [2.45, 2.75) is 26.7 Å². The fourth-order valence-electron chi connectivity index (χ4n) is 3.19. The monoisotopic (exact) mass is 454 g/mol. The molecule has 0 bridgehead atoms. The Kier molecular flexibility index (Phi) is 6.23. The lowest BCUT2D eigenvalue weighted by molar-refractivity contribution is 0.0956. The van der Waals surface area contributed by atoms with E-state index in [1.807, 2.05) is 25.1 Å². The molecular formula is C23H23BrN2O3. The molecule has 150 valence electrons. The molecule has 1 aromatic carbocycles. The number of nitrogens with one attached hydrogen (secondary N) is 1. The minimum atomic E-state index is -0.304. The normalized spacial score (nSPS) is 11.4. The van der Waals surface area contributed by atoms with E-state index in [-0.39, 0.29) is 11.7 Å². The Labute approximate surface area is 178 Å². The number of methoxy groups -OCH3 is 1. The molecule has 0 aromatic heterocycles. The standard InChI is InChI=1S/C23H23BrN2O3/c1-13(2)15-6-5-7-18-14(3)8-20(19(18)10-15)23(28)26-25-12-16-9-17(24)11-21(29-4)22(16)27/h5-13,27H,1-4H3,(H,26,28)/b25-12+. The summed E-state index contributed by atoms with van der Waals surface area (Å²) >= 11 is 3.36. The number of rotatable bonds is 5. The molecule has 1 aromatic rings. The second-order valence-electron chi connectivity index (χ2n) is 7.14. The van der Waals surface area contributed by atoms with Crippen LogP contribution in [0.3, 0.4) is 0 Å². The number of nitrogens with zero attached hydrogens (tertiary/aromatic N) is 1. The summed E-state index contributed by atoms with van der Waals surface area (Å²) in [6.07, 6.45) is 1.39. The number of ether oxygens (including phenoxy) is 1. The third kappa shape index (κ3) is 4.43. The number of phenolic OH excluding ortho intramolecular Hbond substituents is 1. The highest BCUT2D eigenvalue weighted by molar-refractivity contribution is 9.10. The predicted molar refractivity (Wildman–Crippen MR) is 119 cm³/mol. The zero-order chi connectivity index (χ0) is 21.1. The molecule has 0 atom stereocenters. The molecule has 0 heterocycles. The Morgan fingerprint density at radius 3 is 2.66 bits per heavy atom. The molecule has 0 saturated heterocycles. The number of hydrogen-bond donors (Lipinski definition) is 2. The summed E-state index contributed by atoms with van der Waals surface area (Å²) in [6.45, 7) is 6.24. The predicted octanol–water partition coefficient (Wildman–Crippen LogP) is 5.46. The van der Waals surface area contributed by atoms with E-state index in [0.29, 0.717) is 22.8 Å². The van der Waals surface area contributed by atoms with Crippen LogP contribution in [0.4, 0.5) is 0 Å². The van der Waals surface area contributed by atoms with Crippen molar-refractivity contribution in [1.29, 1.82) is 0 Å². The maximum absolute atomic E-state index is 12.8. The van der Waals surface area contributed by atoms with Crippen molar-refractivity contribution in [3.63, 3.8) is 0 Å². The molecule has 2 aliphatic carbocycles. The first-order valence-corrected chi connectivity index (χ1v) is 10.0. The summed E-state index contributed by atoms with van der Waals surface area (Å²) in [5, 5.41) is 14.2. The van der Waals surface area contributed by atoms with Crippen LogP contribution in [0.2, 0.25) is 0 Å². The van der Waals surface area contributed by atoms with Gasteiger partial charge in [-0.3, -0.25) is 4.79 Å². The van der Waals surface area contributed by atoms with Gasteiger partial charge in [-0.1, -0.05) is 54.0 Å². The van der Waals surface area contributed by atoms with Gasteiger partial charge in [0, 0.05) is 15.6 Å². The van der Waals surface area contributed by atoms with Gasteiger partial charge in [-0.2, -0.15) is 5.10 Å². The molecule has 5 nitrogen and oxygen atoms in total. The Balaban J connectivity index is 1.89. The Hall–Kier alpha value is -2.86. The topological polar surface area (TPSA) is 70.9 Å². The Bertz CT molecular complexity index is 1060. The molecule has 29 heavy (non-hydrogen) atoms. The van der Waals surface area contributed by atoms with Gasteiger partial charge in [-0.25, -0.2) is 5.43 Å². The van der Waals surface area contributed by atoms with Crippen LogP contribution in [-0.2, 0) is 0 Å². The molecule has 0 fully saturated rings.